The molecule has 32 heavy (non-hydrogen) atoms. The van der Waals surface area contributed by atoms with Gasteiger partial charge < -0.3 is 10.0 Å². The highest BCUT2D eigenvalue weighted by Crippen LogP contribution is 2.66. The molecule has 0 bridgehead atoms. The molecule has 176 valence electrons. The minimum atomic E-state index is -0.524. The summed E-state index contributed by atoms with van der Waals surface area (Å²) in [6.07, 6.45) is 7.98. The van der Waals surface area contributed by atoms with Crippen molar-refractivity contribution in [1.29, 1.82) is 0 Å². The van der Waals surface area contributed by atoms with Crippen molar-refractivity contribution >= 4 is 5.69 Å². The van der Waals surface area contributed by atoms with Crippen LogP contribution >= 0.6 is 0 Å². The first kappa shape index (κ1) is 22.2. The van der Waals surface area contributed by atoms with E-state index < -0.39 is 11.6 Å². The average Bonchev–Trinajstić information content (AvgIpc) is 3.09. The van der Waals surface area contributed by atoms with E-state index in [2.05, 4.69) is 50.2 Å². The van der Waals surface area contributed by atoms with E-state index in [1.54, 1.807) is 0 Å². The summed E-state index contributed by atoms with van der Waals surface area (Å²) in [5.74, 6) is 3.28. The number of benzene rings is 1. The highest BCUT2D eigenvalue weighted by Gasteiger charge is 2.64. The van der Waals surface area contributed by atoms with Crippen LogP contribution in [0, 0.1) is 45.1 Å². The van der Waals surface area contributed by atoms with Crippen LogP contribution in [0.1, 0.15) is 76.7 Å². The maximum absolute atomic E-state index is 12.1. The number of nitrogens with zero attached hydrogens (tertiary/aromatic N) is 2. The van der Waals surface area contributed by atoms with Crippen molar-refractivity contribution in [3.63, 3.8) is 0 Å². The van der Waals surface area contributed by atoms with Crippen molar-refractivity contribution in [1.82, 2.24) is 0 Å². The molecule has 0 aliphatic heterocycles. The molecule has 9 atom stereocenters. The Kier molecular flexibility index (Phi) is 5.35. The van der Waals surface area contributed by atoms with Crippen LogP contribution in [0.5, 0.6) is 0 Å². The lowest BCUT2D eigenvalue weighted by Crippen LogP contribution is -2.54. The third-order valence-electron chi connectivity index (χ3n) is 10.3. The molecule has 1 aromatic carbocycles. The second-order valence-corrected chi connectivity index (χ2v) is 12.3. The molecule has 0 radical (unpaired) electrons. The molecule has 0 saturated heterocycles. The van der Waals surface area contributed by atoms with Gasteiger partial charge in [-0.2, -0.15) is 0 Å². The Morgan fingerprint density at radius 2 is 1.72 bits per heavy atom. The van der Waals surface area contributed by atoms with Gasteiger partial charge in [-0.05, 0) is 105 Å². The summed E-state index contributed by atoms with van der Waals surface area (Å²) in [5.41, 5.74) is 1.84. The maximum atomic E-state index is 12.1. The fourth-order valence-corrected chi connectivity index (χ4v) is 8.89. The number of rotatable bonds is 3. The van der Waals surface area contributed by atoms with Gasteiger partial charge in [0.2, 0.25) is 6.04 Å². The molecule has 5 nitrogen and oxygen atoms in total. The number of aliphatic hydroxyl groups is 1. The minimum Gasteiger partial charge on any atom is -0.390 e. The zero-order valence-corrected chi connectivity index (χ0v) is 20.2. The molecule has 4 aliphatic carbocycles. The van der Waals surface area contributed by atoms with Crippen LogP contribution in [-0.4, -0.2) is 35.8 Å². The molecule has 0 spiro atoms. The van der Waals surface area contributed by atoms with Crippen LogP contribution < -0.4 is 4.90 Å². The molecule has 5 heteroatoms. The Labute approximate surface area is 192 Å². The lowest BCUT2D eigenvalue weighted by Gasteiger charge is -2.59. The van der Waals surface area contributed by atoms with E-state index in [1.807, 2.05) is 6.92 Å². The van der Waals surface area contributed by atoms with Crippen molar-refractivity contribution in [2.75, 3.05) is 19.0 Å². The number of hydrogen-bond donors (Lipinski definition) is 1. The SMILES string of the molecule is CN(C)c1ccc([C@H]2C[C@@]3(C)C(CC[C@@H]3[N+](=O)[O-])C3CC[C@H]4C[C@](C)(O)CC[C@@H]4C32)cc1. The van der Waals surface area contributed by atoms with Gasteiger partial charge in [-0.3, -0.25) is 10.1 Å². The van der Waals surface area contributed by atoms with Crippen molar-refractivity contribution < 1.29 is 10.0 Å². The van der Waals surface area contributed by atoms with E-state index in [1.165, 1.54) is 24.1 Å². The minimum absolute atomic E-state index is 0.0377. The predicted octanol–water partition coefficient (Wildman–Crippen LogP) is 5.50. The Hall–Kier alpha value is -1.62. The van der Waals surface area contributed by atoms with Gasteiger partial charge in [-0.1, -0.05) is 19.1 Å². The van der Waals surface area contributed by atoms with E-state index in [-0.39, 0.29) is 10.3 Å². The van der Waals surface area contributed by atoms with Gasteiger partial charge >= 0.3 is 0 Å². The molecule has 1 aromatic rings. The monoisotopic (exact) mass is 440 g/mol. The summed E-state index contributed by atoms with van der Waals surface area (Å²) in [7, 11) is 4.13. The van der Waals surface area contributed by atoms with Gasteiger partial charge in [0.1, 0.15) is 0 Å². The van der Waals surface area contributed by atoms with Gasteiger partial charge in [0, 0.05) is 36.5 Å². The third-order valence-corrected chi connectivity index (χ3v) is 10.3. The topological polar surface area (TPSA) is 66.6 Å². The summed E-state index contributed by atoms with van der Waals surface area (Å²) in [6.45, 7) is 4.26. The lowest BCUT2D eigenvalue weighted by molar-refractivity contribution is -0.540. The van der Waals surface area contributed by atoms with Crippen LogP contribution in [0.3, 0.4) is 0 Å². The summed E-state index contributed by atoms with van der Waals surface area (Å²) in [4.78, 5) is 14.2. The second kappa shape index (κ2) is 7.72. The summed E-state index contributed by atoms with van der Waals surface area (Å²) in [6, 6.07) is 8.61. The largest absolute Gasteiger partial charge is 0.390 e. The summed E-state index contributed by atoms with van der Waals surface area (Å²) in [5, 5.41) is 22.8. The van der Waals surface area contributed by atoms with E-state index in [9.17, 15) is 15.2 Å². The van der Waals surface area contributed by atoms with Gasteiger partial charge in [0.15, 0.2) is 0 Å². The van der Waals surface area contributed by atoms with Crippen LogP contribution in [0.2, 0.25) is 0 Å². The molecule has 0 aromatic heterocycles. The van der Waals surface area contributed by atoms with Crippen molar-refractivity contribution in [2.45, 2.75) is 82.8 Å². The van der Waals surface area contributed by atoms with Gasteiger partial charge in [0.25, 0.3) is 0 Å². The Balaban J connectivity index is 1.54. The molecule has 0 amide bonds. The quantitative estimate of drug-likeness (QED) is 0.498. The first-order valence-electron chi connectivity index (χ1n) is 12.7. The average molecular weight is 441 g/mol. The lowest BCUT2D eigenvalue weighted by atomic mass is 9.46. The van der Waals surface area contributed by atoms with Crippen LogP contribution in [-0.2, 0) is 0 Å². The molecule has 1 N–H and O–H groups in total. The van der Waals surface area contributed by atoms with Gasteiger partial charge in [-0.15, -0.1) is 0 Å². The third kappa shape index (κ3) is 3.46. The smallest absolute Gasteiger partial charge is 0.218 e. The zero-order valence-electron chi connectivity index (χ0n) is 20.2. The zero-order chi connectivity index (χ0) is 22.8. The Bertz CT molecular complexity index is 866. The molecule has 5 rings (SSSR count). The standard InChI is InChI=1S/C27H40N2O3/c1-26(30)14-13-20-18(15-26)7-10-21-23-11-12-24(29(31)32)27(23,2)16-22(25(20)21)17-5-8-19(9-6-17)28(3)4/h5-6,8-9,18,20-25,30H,7,10-16H2,1-4H3/t18-,20-,21?,22+,23?,24-,25?,26+,27-/m0/s1. The van der Waals surface area contributed by atoms with Crippen molar-refractivity contribution in [3.8, 4) is 0 Å². The number of nitro groups is 1. The molecule has 4 aliphatic rings. The number of fused-ring (bicyclic) bond motifs is 5. The highest BCUT2D eigenvalue weighted by atomic mass is 16.6. The fraction of sp³-hybridized carbons (Fsp3) is 0.778. The van der Waals surface area contributed by atoms with Crippen molar-refractivity contribution in [3.05, 3.63) is 39.9 Å². The fourth-order valence-electron chi connectivity index (χ4n) is 8.89. The maximum Gasteiger partial charge on any atom is 0.218 e. The van der Waals surface area contributed by atoms with E-state index in [0.29, 0.717) is 35.5 Å². The van der Waals surface area contributed by atoms with Gasteiger partial charge in [0.05, 0.1) is 5.60 Å². The Morgan fingerprint density at radius 1 is 1.00 bits per heavy atom. The molecule has 0 heterocycles. The highest BCUT2D eigenvalue weighted by molar-refractivity contribution is 5.47. The van der Waals surface area contributed by atoms with E-state index in [0.717, 1.165) is 38.5 Å². The van der Waals surface area contributed by atoms with Crippen LogP contribution in [0.4, 0.5) is 5.69 Å². The molecule has 3 unspecified atom stereocenters. The number of hydrogen-bond acceptors (Lipinski definition) is 4. The second-order valence-electron chi connectivity index (χ2n) is 12.3. The number of anilines is 1. The molecular formula is C27H40N2O3. The summed E-state index contributed by atoms with van der Waals surface area (Å²) < 4.78 is 0. The normalized spacial score (nSPS) is 45.5. The van der Waals surface area contributed by atoms with Gasteiger partial charge in [-0.25, -0.2) is 0 Å². The van der Waals surface area contributed by atoms with Crippen molar-refractivity contribution in [2.24, 2.45) is 35.0 Å². The summed E-state index contributed by atoms with van der Waals surface area (Å²) >= 11 is 0. The van der Waals surface area contributed by atoms with Crippen LogP contribution in [0.15, 0.2) is 24.3 Å². The van der Waals surface area contributed by atoms with E-state index >= 15 is 0 Å². The first-order valence-corrected chi connectivity index (χ1v) is 12.7. The Morgan fingerprint density at radius 3 is 2.38 bits per heavy atom. The first-order chi connectivity index (χ1) is 15.1. The molecule has 4 fully saturated rings. The van der Waals surface area contributed by atoms with Crippen LogP contribution in [0.25, 0.3) is 0 Å². The molecular weight excluding hydrogens is 400 g/mol. The molecule has 4 saturated carbocycles. The van der Waals surface area contributed by atoms with E-state index in [4.69, 9.17) is 0 Å². The predicted molar refractivity (Wildman–Crippen MR) is 127 cm³/mol.